The van der Waals surface area contributed by atoms with Crippen molar-refractivity contribution in [1.82, 2.24) is 10.9 Å². The number of hydrogen-bond donors (Lipinski definition) is 2. The van der Waals surface area contributed by atoms with E-state index in [4.69, 9.17) is 0 Å². The van der Waals surface area contributed by atoms with Crippen LogP contribution >= 0.6 is 0 Å². The summed E-state index contributed by atoms with van der Waals surface area (Å²) in [6, 6.07) is 7.61. The number of rotatable bonds is 6. The summed E-state index contributed by atoms with van der Waals surface area (Å²) in [5.41, 5.74) is 7.09. The van der Waals surface area contributed by atoms with Crippen molar-refractivity contribution in [2.45, 2.75) is 91.4 Å². The molecular weight excluding hydrogens is 424 g/mol. The minimum atomic E-state index is 0.0217. The van der Waals surface area contributed by atoms with Crippen LogP contribution in [0, 0.1) is 11.8 Å². The Balaban J connectivity index is 0.000000872. The van der Waals surface area contributed by atoms with Crippen LogP contribution in [-0.4, -0.2) is 24.2 Å². The summed E-state index contributed by atoms with van der Waals surface area (Å²) in [6.45, 7) is 9.50. The zero-order valence-corrected chi connectivity index (χ0v) is 21.4. The lowest BCUT2D eigenvalue weighted by Crippen LogP contribution is -2.28. The lowest BCUT2D eigenvalue weighted by Gasteiger charge is -2.19. The molecular formula is C28H44N4O2. The quantitative estimate of drug-likeness (QED) is 0.289. The summed E-state index contributed by atoms with van der Waals surface area (Å²) < 4.78 is 0. The summed E-state index contributed by atoms with van der Waals surface area (Å²) in [5.74, 6) is 0.253. The molecule has 34 heavy (non-hydrogen) atoms. The van der Waals surface area contributed by atoms with Gasteiger partial charge in [-0.05, 0) is 43.7 Å². The molecule has 0 heterocycles. The molecule has 2 aliphatic rings. The predicted molar refractivity (Wildman–Crippen MR) is 143 cm³/mol. The average molecular weight is 469 g/mol. The van der Waals surface area contributed by atoms with E-state index >= 15 is 0 Å². The average Bonchev–Trinajstić information content (AvgIpc) is 2.87. The number of nitrogens with zero attached hydrogens (tertiary/aromatic N) is 2. The first-order valence-corrected chi connectivity index (χ1v) is 12.9. The highest BCUT2D eigenvalue weighted by molar-refractivity contribution is 5.86. The molecule has 0 aromatic heterocycles. The van der Waals surface area contributed by atoms with Crippen LogP contribution in [0.5, 0.6) is 0 Å². The molecule has 0 aliphatic heterocycles. The number of hydrogen-bond acceptors (Lipinski definition) is 4. The van der Waals surface area contributed by atoms with E-state index < -0.39 is 0 Å². The van der Waals surface area contributed by atoms with Crippen molar-refractivity contribution >= 4 is 24.2 Å². The van der Waals surface area contributed by atoms with Crippen LogP contribution in [0.15, 0.2) is 47.1 Å². The highest BCUT2D eigenvalue weighted by atomic mass is 16.2. The maximum Gasteiger partial charge on any atom is 0.243 e. The molecule has 6 nitrogen and oxygen atoms in total. The van der Waals surface area contributed by atoms with E-state index in [0.717, 1.165) is 62.5 Å². The third-order valence-corrected chi connectivity index (χ3v) is 5.67. The number of amides is 2. The van der Waals surface area contributed by atoms with E-state index in [1.165, 1.54) is 19.3 Å². The summed E-state index contributed by atoms with van der Waals surface area (Å²) >= 11 is 0. The topological polar surface area (TPSA) is 82.9 Å². The highest BCUT2D eigenvalue weighted by Crippen LogP contribution is 2.24. The highest BCUT2D eigenvalue weighted by Gasteiger charge is 2.21. The molecule has 0 unspecified atom stereocenters. The Kier molecular flexibility index (Phi) is 16.1. The zero-order valence-electron chi connectivity index (χ0n) is 21.4. The molecule has 0 radical (unpaired) electrons. The van der Waals surface area contributed by atoms with Crippen molar-refractivity contribution in [3.8, 4) is 0 Å². The molecule has 1 aromatic carbocycles. The van der Waals surface area contributed by atoms with Crippen LogP contribution < -0.4 is 10.9 Å². The maximum absolute atomic E-state index is 12.1. The Morgan fingerprint density at radius 3 is 1.38 bits per heavy atom. The van der Waals surface area contributed by atoms with Crippen molar-refractivity contribution < 1.29 is 9.59 Å². The number of allylic oxidation sites excluding steroid dienone is 1. The van der Waals surface area contributed by atoms with E-state index in [9.17, 15) is 9.59 Å². The van der Waals surface area contributed by atoms with Crippen LogP contribution in [0.4, 0.5) is 0 Å². The predicted octanol–water partition coefficient (Wildman–Crippen LogP) is 6.36. The van der Waals surface area contributed by atoms with Gasteiger partial charge in [0, 0.05) is 11.8 Å². The van der Waals surface area contributed by atoms with E-state index in [-0.39, 0.29) is 23.7 Å². The number of benzene rings is 1. The van der Waals surface area contributed by atoms with Crippen molar-refractivity contribution in [3.05, 3.63) is 48.0 Å². The van der Waals surface area contributed by atoms with Gasteiger partial charge in [-0.2, -0.15) is 10.2 Å². The summed E-state index contributed by atoms with van der Waals surface area (Å²) in [4.78, 5) is 24.1. The lowest BCUT2D eigenvalue weighted by atomic mass is 9.89. The second-order valence-corrected chi connectivity index (χ2v) is 8.92. The molecule has 2 amide bonds. The fourth-order valence-electron chi connectivity index (χ4n) is 3.92. The molecule has 0 saturated heterocycles. The molecule has 6 heteroatoms. The van der Waals surface area contributed by atoms with Gasteiger partial charge in [0.05, 0.1) is 12.4 Å². The van der Waals surface area contributed by atoms with E-state index in [0.29, 0.717) is 0 Å². The number of hydrazone groups is 2. The molecule has 0 atom stereocenters. The van der Waals surface area contributed by atoms with E-state index in [1.807, 2.05) is 31.2 Å². The zero-order chi connectivity index (χ0) is 25.0. The maximum atomic E-state index is 12.1. The van der Waals surface area contributed by atoms with Gasteiger partial charge in [-0.15, -0.1) is 6.58 Å². The van der Waals surface area contributed by atoms with Crippen LogP contribution in [0.2, 0.25) is 0 Å². The third-order valence-electron chi connectivity index (χ3n) is 5.67. The van der Waals surface area contributed by atoms with Gasteiger partial charge in [-0.25, -0.2) is 10.9 Å². The fourth-order valence-corrected chi connectivity index (χ4v) is 3.92. The molecule has 2 fully saturated rings. The monoisotopic (exact) mass is 468 g/mol. The van der Waals surface area contributed by atoms with Gasteiger partial charge in [0.1, 0.15) is 0 Å². The molecule has 2 saturated carbocycles. The Hall–Kier alpha value is -2.76. The Labute approximate surface area is 206 Å². The smallest absolute Gasteiger partial charge is 0.243 e. The van der Waals surface area contributed by atoms with Crippen molar-refractivity contribution in [2.75, 3.05) is 0 Å². The molecule has 2 N–H and O–H groups in total. The first-order valence-electron chi connectivity index (χ1n) is 12.9. The van der Waals surface area contributed by atoms with Gasteiger partial charge in [0.25, 0.3) is 0 Å². The molecule has 188 valence electrons. The molecule has 2 aliphatic carbocycles. The second-order valence-electron chi connectivity index (χ2n) is 8.92. The lowest BCUT2D eigenvalue weighted by molar-refractivity contribution is -0.126. The second kappa shape index (κ2) is 18.6. The van der Waals surface area contributed by atoms with Gasteiger partial charge < -0.3 is 0 Å². The van der Waals surface area contributed by atoms with Crippen molar-refractivity contribution in [1.29, 1.82) is 0 Å². The SMILES string of the molecule is C=CC.CCC.O=C(N/N=C/c1ccc(/C=N/NC(=O)C2CCCCC2)cc1)C1CCCCC1. The largest absolute Gasteiger partial charge is 0.273 e. The summed E-state index contributed by atoms with van der Waals surface area (Å²) in [5, 5.41) is 8.14. The van der Waals surface area contributed by atoms with Crippen LogP contribution in [0.1, 0.15) is 103 Å². The van der Waals surface area contributed by atoms with Crippen LogP contribution in [0.3, 0.4) is 0 Å². The van der Waals surface area contributed by atoms with Gasteiger partial charge in [0.2, 0.25) is 11.8 Å². The minimum Gasteiger partial charge on any atom is -0.273 e. The van der Waals surface area contributed by atoms with Gasteiger partial charge in [-0.3, -0.25) is 9.59 Å². The van der Waals surface area contributed by atoms with Gasteiger partial charge >= 0.3 is 0 Å². The first kappa shape index (κ1) is 29.3. The third kappa shape index (κ3) is 12.5. The van der Waals surface area contributed by atoms with Gasteiger partial charge in [-0.1, -0.05) is 89.1 Å². The minimum absolute atomic E-state index is 0.0217. The van der Waals surface area contributed by atoms with E-state index in [1.54, 1.807) is 18.5 Å². The molecule has 0 spiro atoms. The number of carbonyl (C=O) groups is 2. The van der Waals surface area contributed by atoms with Crippen LogP contribution in [0.25, 0.3) is 0 Å². The Morgan fingerprint density at radius 2 is 1.09 bits per heavy atom. The van der Waals surface area contributed by atoms with Crippen LogP contribution in [-0.2, 0) is 9.59 Å². The molecule has 1 aromatic rings. The fraction of sp³-hybridized carbons (Fsp3) is 0.571. The van der Waals surface area contributed by atoms with Gasteiger partial charge in [0.15, 0.2) is 0 Å². The molecule has 0 bridgehead atoms. The van der Waals surface area contributed by atoms with Crippen molar-refractivity contribution in [3.63, 3.8) is 0 Å². The first-order chi connectivity index (χ1) is 16.5. The number of nitrogens with one attached hydrogen (secondary N) is 2. The summed E-state index contributed by atoms with van der Waals surface area (Å²) in [6.07, 6.45) is 17.1. The summed E-state index contributed by atoms with van der Waals surface area (Å²) in [7, 11) is 0. The number of carbonyl (C=O) groups excluding carboxylic acids is 2. The molecule has 3 rings (SSSR count). The normalized spacial score (nSPS) is 16.7. The van der Waals surface area contributed by atoms with Crippen molar-refractivity contribution in [2.24, 2.45) is 22.0 Å². The standard InChI is InChI=1S/C22H30N4O2.C3H8.C3H6/c27-21(19-7-3-1-4-8-19)25-23-15-17-11-13-18(14-12-17)16-24-26-22(28)20-9-5-2-6-10-20;2*1-3-2/h11-16,19-20H,1-10H2,(H,25,27)(H,26,28);3H2,1-2H3;3H,1H2,2H3/b23-15+,24-16+;;. The Bertz CT molecular complexity index is 698. The Morgan fingerprint density at radius 1 is 0.794 bits per heavy atom. The van der Waals surface area contributed by atoms with E-state index in [2.05, 4.69) is 41.5 Å².